The molecule has 0 aromatic heterocycles. The molecule has 1 fully saturated rings. The molecule has 1 aromatic carbocycles. The highest BCUT2D eigenvalue weighted by molar-refractivity contribution is 5.46. The Kier molecular flexibility index (Phi) is 6.49. The molecule has 0 saturated carbocycles. The first-order valence-electron chi connectivity index (χ1n) is 8.06. The summed E-state index contributed by atoms with van der Waals surface area (Å²) in [6.45, 7) is 10.9. The Bertz CT molecular complexity index is 388. The van der Waals surface area contributed by atoms with Crippen molar-refractivity contribution in [2.45, 2.75) is 20.0 Å². The van der Waals surface area contributed by atoms with Gasteiger partial charge in [-0.1, -0.05) is 32.0 Å². The molecule has 1 saturated heterocycles. The molecule has 1 heterocycles. The van der Waals surface area contributed by atoms with E-state index in [9.17, 15) is 5.11 Å². The van der Waals surface area contributed by atoms with Crippen molar-refractivity contribution in [1.29, 1.82) is 0 Å². The molecule has 0 spiro atoms. The predicted octanol–water partition coefficient (Wildman–Crippen LogP) is 1.42. The number of anilines is 1. The van der Waals surface area contributed by atoms with Crippen molar-refractivity contribution in [2.24, 2.45) is 5.92 Å². The largest absolute Gasteiger partial charge is 0.390 e. The van der Waals surface area contributed by atoms with E-state index >= 15 is 0 Å². The molecular weight excluding hydrogens is 262 g/mol. The Labute approximate surface area is 128 Å². The number of benzene rings is 1. The molecule has 2 rings (SSSR count). The molecule has 1 aromatic rings. The zero-order chi connectivity index (χ0) is 15.1. The number of rotatable bonds is 7. The van der Waals surface area contributed by atoms with Gasteiger partial charge in [-0.3, -0.25) is 4.90 Å². The first-order valence-corrected chi connectivity index (χ1v) is 8.06. The van der Waals surface area contributed by atoms with Crippen LogP contribution in [-0.4, -0.2) is 61.9 Å². The first kappa shape index (κ1) is 16.3. The van der Waals surface area contributed by atoms with Crippen molar-refractivity contribution in [3.63, 3.8) is 0 Å². The lowest BCUT2D eigenvalue weighted by Gasteiger charge is -2.37. The molecule has 1 aliphatic rings. The van der Waals surface area contributed by atoms with E-state index in [4.69, 9.17) is 0 Å². The van der Waals surface area contributed by atoms with Gasteiger partial charge < -0.3 is 15.3 Å². The number of nitrogens with one attached hydrogen (secondary N) is 1. The fraction of sp³-hybridized carbons (Fsp3) is 0.647. The number of β-amino-alcohol motifs (C(OH)–C–C–N with tert-alkyl or cyclic N) is 1. The monoisotopic (exact) mass is 291 g/mol. The summed E-state index contributed by atoms with van der Waals surface area (Å²) in [4.78, 5) is 4.78. The van der Waals surface area contributed by atoms with Crippen LogP contribution in [0.1, 0.15) is 13.8 Å². The van der Waals surface area contributed by atoms with Gasteiger partial charge in [0.25, 0.3) is 0 Å². The van der Waals surface area contributed by atoms with Gasteiger partial charge in [0.2, 0.25) is 0 Å². The molecule has 0 amide bonds. The van der Waals surface area contributed by atoms with Crippen LogP contribution >= 0.6 is 0 Å². The zero-order valence-electron chi connectivity index (χ0n) is 13.3. The molecule has 21 heavy (non-hydrogen) atoms. The van der Waals surface area contributed by atoms with Gasteiger partial charge in [0.05, 0.1) is 6.10 Å². The minimum Gasteiger partial charge on any atom is -0.390 e. The van der Waals surface area contributed by atoms with Crippen LogP contribution < -0.4 is 10.2 Å². The molecule has 2 N–H and O–H groups in total. The third kappa shape index (κ3) is 5.65. The van der Waals surface area contributed by atoms with Crippen molar-refractivity contribution in [1.82, 2.24) is 10.2 Å². The highest BCUT2D eigenvalue weighted by atomic mass is 16.3. The molecule has 0 radical (unpaired) electrons. The van der Waals surface area contributed by atoms with Crippen molar-refractivity contribution in [3.8, 4) is 0 Å². The fourth-order valence-corrected chi connectivity index (χ4v) is 2.73. The summed E-state index contributed by atoms with van der Waals surface area (Å²) in [5.41, 5.74) is 1.30. The third-order valence-electron chi connectivity index (χ3n) is 3.90. The second kappa shape index (κ2) is 8.37. The summed E-state index contributed by atoms with van der Waals surface area (Å²) in [6, 6.07) is 10.6. The van der Waals surface area contributed by atoms with E-state index in [1.165, 1.54) is 5.69 Å². The molecule has 1 aliphatic heterocycles. The van der Waals surface area contributed by atoms with Gasteiger partial charge in [0.15, 0.2) is 0 Å². The van der Waals surface area contributed by atoms with E-state index in [0.29, 0.717) is 12.5 Å². The summed E-state index contributed by atoms with van der Waals surface area (Å²) >= 11 is 0. The summed E-state index contributed by atoms with van der Waals surface area (Å²) in [5.74, 6) is 0.631. The SMILES string of the molecule is CC(C)CNCC(O)CN1CCN(c2ccccc2)CC1. The lowest BCUT2D eigenvalue weighted by Crippen LogP contribution is -2.49. The Morgan fingerprint density at radius 3 is 2.33 bits per heavy atom. The summed E-state index contributed by atoms with van der Waals surface area (Å²) in [6.07, 6.45) is -0.271. The summed E-state index contributed by atoms with van der Waals surface area (Å²) in [7, 11) is 0. The van der Waals surface area contributed by atoms with Crippen molar-refractivity contribution < 1.29 is 5.11 Å². The number of para-hydroxylation sites is 1. The van der Waals surface area contributed by atoms with Crippen LogP contribution in [0, 0.1) is 5.92 Å². The van der Waals surface area contributed by atoms with Crippen LogP contribution in [0.4, 0.5) is 5.69 Å². The quantitative estimate of drug-likeness (QED) is 0.797. The number of nitrogens with zero attached hydrogens (tertiary/aromatic N) is 2. The topological polar surface area (TPSA) is 38.7 Å². The molecular formula is C17H29N3O. The van der Waals surface area contributed by atoms with E-state index in [2.05, 4.69) is 59.3 Å². The highest BCUT2D eigenvalue weighted by Crippen LogP contribution is 2.15. The molecule has 1 atom stereocenters. The van der Waals surface area contributed by atoms with Crippen LogP contribution in [0.25, 0.3) is 0 Å². The van der Waals surface area contributed by atoms with Gasteiger partial charge >= 0.3 is 0 Å². The van der Waals surface area contributed by atoms with Crippen molar-refractivity contribution >= 4 is 5.69 Å². The third-order valence-corrected chi connectivity index (χ3v) is 3.90. The molecule has 4 nitrogen and oxygen atoms in total. The molecule has 118 valence electrons. The Hall–Kier alpha value is -1.10. The number of aliphatic hydroxyl groups is 1. The number of aliphatic hydroxyl groups excluding tert-OH is 1. The minimum atomic E-state index is -0.271. The lowest BCUT2D eigenvalue weighted by atomic mass is 10.2. The highest BCUT2D eigenvalue weighted by Gasteiger charge is 2.19. The lowest BCUT2D eigenvalue weighted by molar-refractivity contribution is 0.107. The summed E-state index contributed by atoms with van der Waals surface area (Å²) in [5, 5.41) is 13.4. The maximum Gasteiger partial charge on any atom is 0.0791 e. The van der Waals surface area contributed by atoms with E-state index in [0.717, 1.165) is 39.3 Å². The van der Waals surface area contributed by atoms with Gasteiger partial charge in [0.1, 0.15) is 0 Å². The minimum absolute atomic E-state index is 0.271. The molecule has 0 bridgehead atoms. The van der Waals surface area contributed by atoms with Crippen LogP contribution in [0.3, 0.4) is 0 Å². The van der Waals surface area contributed by atoms with Gasteiger partial charge in [-0.15, -0.1) is 0 Å². The maximum absolute atomic E-state index is 10.1. The van der Waals surface area contributed by atoms with Gasteiger partial charge in [0, 0.05) is 45.0 Å². The molecule has 0 aliphatic carbocycles. The Balaban J connectivity index is 1.67. The van der Waals surface area contributed by atoms with E-state index in [1.54, 1.807) is 0 Å². The van der Waals surface area contributed by atoms with Crippen LogP contribution in [-0.2, 0) is 0 Å². The van der Waals surface area contributed by atoms with Crippen molar-refractivity contribution in [2.75, 3.05) is 50.7 Å². The fourth-order valence-electron chi connectivity index (χ4n) is 2.73. The smallest absolute Gasteiger partial charge is 0.0791 e. The van der Waals surface area contributed by atoms with Crippen LogP contribution in [0.2, 0.25) is 0 Å². The van der Waals surface area contributed by atoms with Crippen LogP contribution in [0.15, 0.2) is 30.3 Å². The van der Waals surface area contributed by atoms with Gasteiger partial charge in [-0.25, -0.2) is 0 Å². The van der Waals surface area contributed by atoms with Gasteiger partial charge in [-0.05, 0) is 24.6 Å². The Morgan fingerprint density at radius 1 is 1.05 bits per heavy atom. The first-order chi connectivity index (χ1) is 10.1. The normalized spacial score (nSPS) is 18.2. The molecule has 1 unspecified atom stereocenters. The number of piperazine rings is 1. The second-order valence-electron chi connectivity index (χ2n) is 6.33. The number of hydrogen-bond donors (Lipinski definition) is 2. The molecule has 4 heteroatoms. The Morgan fingerprint density at radius 2 is 1.71 bits per heavy atom. The van der Waals surface area contributed by atoms with E-state index in [1.807, 2.05) is 0 Å². The van der Waals surface area contributed by atoms with E-state index in [-0.39, 0.29) is 6.10 Å². The maximum atomic E-state index is 10.1. The summed E-state index contributed by atoms with van der Waals surface area (Å²) < 4.78 is 0. The second-order valence-corrected chi connectivity index (χ2v) is 6.33. The van der Waals surface area contributed by atoms with Gasteiger partial charge in [-0.2, -0.15) is 0 Å². The standard InChI is InChI=1S/C17H29N3O/c1-15(2)12-18-13-17(21)14-19-8-10-20(11-9-19)16-6-4-3-5-7-16/h3-7,15,17-18,21H,8-14H2,1-2H3. The average molecular weight is 291 g/mol. The van der Waals surface area contributed by atoms with Crippen molar-refractivity contribution in [3.05, 3.63) is 30.3 Å². The average Bonchev–Trinajstić information content (AvgIpc) is 2.48. The van der Waals surface area contributed by atoms with E-state index < -0.39 is 0 Å². The zero-order valence-corrected chi connectivity index (χ0v) is 13.3. The van der Waals surface area contributed by atoms with Crippen LogP contribution in [0.5, 0.6) is 0 Å². The predicted molar refractivity (Wildman–Crippen MR) is 88.8 cm³/mol. The number of hydrogen-bond acceptors (Lipinski definition) is 4.